The van der Waals surface area contributed by atoms with Gasteiger partial charge in [-0.05, 0) is 47.9 Å². The van der Waals surface area contributed by atoms with Gasteiger partial charge in [-0.15, -0.1) is 0 Å². The second kappa shape index (κ2) is 8.55. The van der Waals surface area contributed by atoms with E-state index in [0.717, 1.165) is 22.3 Å². The summed E-state index contributed by atoms with van der Waals surface area (Å²) in [6.07, 6.45) is 0. The molecule has 0 amide bonds. The molecule has 0 unspecified atom stereocenters. The van der Waals surface area contributed by atoms with Crippen LogP contribution in [0.2, 0.25) is 0 Å². The molecule has 0 fully saturated rings. The molecule has 6 aromatic rings. The van der Waals surface area contributed by atoms with Gasteiger partial charge in [-0.1, -0.05) is 102 Å². The number of hydrogen-bond acceptors (Lipinski definition) is 2. The Labute approximate surface area is 213 Å². The predicted octanol–water partition coefficient (Wildman–Crippen LogP) is 10.4. The van der Waals surface area contributed by atoms with E-state index in [-0.39, 0.29) is 10.8 Å². The highest BCUT2D eigenvalue weighted by Crippen LogP contribution is 2.39. The Balaban J connectivity index is 0.000000148. The molecule has 0 saturated carbocycles. The van der Waals surface area contributed by atoms with Gasteiger partial charge in [0.15, 0.2) is 0 Å². The van der Waals surface area contributed by atoms with Gasteiger partial charge in [0.25, 0.3) is 0 Å². The molecule has 0 N–H and O–H groups in total. The molecule has 0 radical (unpaired) electrons. The highest BCUT2D eigenvalue weighted by Gasteiger charge is 2.24. The average Bonchev–Trinajstić information content (AvgIpc) is 3.35. The second-order valence-electron chi connectivity index (χ2n) is 12.0. The van der Waals surface area contributed by atoms with Crippen LogP contribution in [0.3, 0.4) is 0 Å². The molecule has 0 spiro atoms. The topological polar surface area (TPSA) is 26.3 Å². The van der Waals surface area contributed by atoms with Gasteiger partial charge in [0.05, 0.1) is 0 Å². The summed E-state index contributed by atoms with van der Waals surface area (Å²) in [7, 11) is 0. The maximum Gasteiger partial charge on any atom is 0.139 e. The van der Waals surface area contributed by atoms with Gasteiger partial charge in [0, 0.05) is 32.7 Å². The van der Waals surface area contributed by atoms with Crippen molar-refractivity contribution in [1.82, 2.24) is 0 Å². The van der Waals surface area contributed by atoms with Crippen molar-refractivity contribution in [2.24, 2.45) is 0 Å². The molecule has 0 aliphatic carbocycles. The fourth-order valence-corrected chi connectivity index (χ4v) is 5.64. The van der Waals surface area contributed by atoms with E-state index in [1.807, 2.05) is 24.3 Å². The Morgan fingerprint density at radius 3 is 1.17 bits per heavy atom. The van der Waals surface area contributed by atoms with Gasteiger partial charge >= 0.3 is 0 Å². The Kier molecular flexibility index (Phi) is 5.75. The molecule has 2 aromatic heterocycles. The van der Waals surface area contributed by atoms with Crippen LogP contribution < -0.4 is 0 Å². The van der Waals surface area contributed by atoms with Gasteiger partial charge in [-0.2, -0.15) is 0 Å². The molecule has 0 saturated heterocycles. The molecular weight excluding hydrogens is 440 g/mol. The fourth-order valence-electron chi connectivity index (χ4n) is 5.64. The first-order chi connectivity index (χ1) is 17.0. The number of rotatable bonds is 0. The van der Waals surface area contributed by atoms with Crippen molar-refractivity contribution in [3.8, 4) is 0 Å². The van der Waals surface area contributed by atoms with Crippen molar-refractivity contribution in [1.29, 1.82) is 0 Å². The minimum Gasteiger partial charge on any atom is -0.456 e. The van der Waals surface area contributed by atoms with E-state index in [1.165, 1.54) is 43.8 Å². The lowest BCUT2D eigenvalue weighted by Gasteiger charge is -2.21. The molecule has 2 nitrogen and oxygen atoms in total. The highest BCUT2D eigenvalue weighted by molar-refractivity contribution is 6.07. The summed E-state index contributed by atoms with van der Waals surface area (Å²) in [6.45, 7) is 17.7. The van der Waals surface area contributed by atoms with E-state index in [2.05, 4.69) is 104 Å². The minimum absolute atomic E-state index is 0.0947. The molecule has 0 atom stereocenters. The van der Waals surface area contributed by atoms with E-state index in [0.29, 0.717) is 0 Å². The van der Waals surface area contributed by atoms with Crippen LogP contribution in [0.25, 0.3) is 43.9 Å². The van der Waals surface area contributed by atoms with Crippen LogP contribution in [0.5, 0.6) is 0 Å². The lowest BCUT2D eigenvalue weighted by atomic mass is 9.83. The third-order valence-electron chi connectivity index (χ3n) is 7.01. The standard InChI is InChI=1S/2C17H18O/c2*1-11-9-10-13-12-7-5-6-8-14(12)18-16(13)15(11)17(2,3)4/h2*5-10H,1-4H3. The minimum atomic E-state index is 0.0947. The smallest absolute Gasteiger partial charge is 0.139 e. The highest BCUT2D eigenvalue weighted by atomic mass is 16.3. The van der Waals surface area contributed by atoms with Crippen molar-refractivity contribution >= 4 is 43.9 Å². The van der Waals surface area contributed by atoms with Crippen LogP contribution >= 0.6 is 0 Å². The lowest BCUT2D eigenvalue weighted by Crippen LogP contribution is -2.13. The summed E-state index contributed by atoms with van der Waals surface area (Å²) in [5, 5.41) is 4.86. The zero-order valence-corrected chi connectivity index (χ0v) is 22.7. The van der Waals surface area contributed by atoms with Gasteiger partial charge in [0.2, 0.25) is 0 Å². The molecule has 184 valence electrons. The molecule has 2 heteroatoms. The Bertz CT molecular complexity index is 1580. The zero-order valence-electron chi connectivity index (χ0n) is 22.7. The Morgan fingerprint density at radius 2 is 0.806 bits per heavy atom. The quantitative estimate of drug-likeness (QED) is 0.218. The van der Waals surface area contributed by atoms with Gasteiger partial charge in [-0.3, -0.25) is 0 Å². The van der Waals surface area contributed by atoms with Crippen LogP contribution in [-0.2, 0) is 10.8 Å². The second-order valence-corrected chi connectivity index (χ2v) is 12.0. The third-order valence-corrected chi connectivity index (χ3v) is 7.01. The number of benzene rings is 4. The fraction of sp³-hybridized carbons (Fsp3) is 0.294. The maximum absolute atomic E-state index is 6.09. The van der Waals surface area contributed by atoms with Gasteiger partial charge in [-0.25, -0.2) is 0 Å². The molecule has 6 rings (SSSR count). The van der Waals surface area contributed by atoms with E-state index in [4.69, 9.17) is 8.83 Å². The van der Waals surface area contributed by atoms with E-state index in [1.54, 1.807) is 0 Å². The summed E-state index contributed by atoms with van der Waals surface area (Å²) >= 11 is 0. The van der Waals surface area contributed by atoms with Crippen molar-refractivity contribution < 1.29 is 8.83 Å². The number of hydrogen-bond donors (Lipinski definition) is 0. The summed E-state index contributed by atoms with van der Waals surface area (Å²) < 4.78 is 12.2. The number of aryl methyl sites for hydroxylation is 2. The van der Waals surface area contributed by atoms with Gasteiger partial charge in [0.1, 0.15) is 22.3 Å². The molecule has 4 aromatic carbocycles. The van der Waals surface area contributed by atoms with Crippen molar-refractivity contribution in [3.05, 3.63) is 95.1 Å². The van der Waals surface area contributed by atoms with Crippen LogP contribution in [0.15, 0.2) is 81.6 Å². The maximum atomic E-state index is 6.09. The Morgan fingerprint density at radius 1 is 0.444 bits per heavy atom. The molecule has 36 heavy (non-hydrogen) atoms. The predicted molar refractivity (Wildman–Crippen MR) is 154 cm³/mol. The summed E-state index contributed by atoms with van der Waals surface area (Å²) in [5.74, 6) is 0. The number of furan rings is 2. The van der Waals surface area contributed by atoms with Crippen LogP contribution in [0.4, 0.5) is 0 Å². The lowest BCUT2D eigenvalue weighted by molar-refractivity contribution is 0.568. The summed E-state index contributed by atoms with van der Waals surface area (Å²) in [5.41, 5.74) is 9.46. The van der Waals surface area contributed by atoms with E-state index < -0.39 is 0 Å². The monoisotopic (exact) mass is 476 g/mol. The van der Waals surface area contributed by atoms with Crippen LogP contribution in [-0.4, -0.2) is 0 Å². The molecule has 0 aliphatic heterocycles. The molecule has 2 heterocycles. The first kappa shape index (κ1) is 24.2. The van der Waals surface area contributed by atoms with Crippen molar-refractivity contribution in [2.75, 3.05) is 0 Å². The molecule has 0 bridgehead atoms. The normalized spacial score (nSPS) is 12.4. The van der Waals surface area contributed by atoms with Crippen molar-refractivity contribution in [3.63, 3.8) is 0 Å². The van der Waals surface area contributed by atoms with E-state index >= 15 is 0 Å². The Hall–Kier alpha value is -3.52. The first-order valence-corrected chi connectivity index (χ1v) is 12.8. The molecule has 0 aliphatic rings. The molecular formula is C34H36O2. The third kappa shape index (κ3) is 4.09. The summed E-state index contributed by atoms with van der Waals surface area (Å²) in [6, 6.07) is 25.2. The van der Waals surface area contributed by atoms with Crippen molar-refractivity contribution in [2.45, 2.75) is 66.2 Å². The average molecular weight is 477 g/mol. The summed E-state index contributed by atoms with van der Waals surface area (Å²) in [4.78, 5) is 0. The number of fused-ring (bicyclic) bond motifs is 6. The van der Waals surface area contributed by atoms with Crippen LogP contribution in [0, 0.1) is 13.8 Å². The largest absolute Gasteiger partial charge is 0.456 e. The van der Waals surface area contributed by atoms with Crippen LogP contribution in [0.1, 0.15) is 63.8 Å². The van der Waals surface area contributed by atoms with Gasteiger partial charge < -0.3 is 8.83 Å². The first-order valence-electron chi connectivity index (χ1n) is 12.8. The number of para-hydroxylation sites is 2. The zero-order chi connectivity index (χ0) is 25.8. The van der Waals surface area contributed by atoms with E-state index in [9.17, 15) is 0 Å². The SMILES string of the molecule is Cc1ccc2c(oc3ccccc32)c1C(C)(C)C.Cc1ccc2c(oc3ccccc32)c1C(C)(C)C.